The van der Waals surface area contributed by atoms with Crippen LogP contribution in [0.3, 0.4) is 0 Å². The highest BCUT2D eigenvalue weighted by Crippen LogP contribution is 2.23. The lowest BCUT2D eigenvalue weighted by molar-refractivity contribution is -0.119. The van der Waals surface area contributed by atoms with E-state index in [-0.39, 0.29) is 10.8 Å². The minimum atomic E-state index is -3.52. The summed E-state index contributed by atoms with van der Waals surface area (Å²) >= 11 is 0. The van der Waals surface area contributed by atoms with Crippen LogP contribution in [-0.4, -0.2) is 55.2 Å². The molecule has 0 radical (unpaired) electrons. The summed E-state index contributed by atoms with van der Waals surface area (Å²) in [7, 11) is -3.52. The quantitative estimate of drug-likeness (QED) is 0.810. The first-order valence-electron chi connectivity index (χ1n) is 9.37. The minimum absolute atomic E-state index is 0.224. The van der Waals surface area contributed by atoms with Gasteiger partial charge in [-0.15, -0.1) is 0 Å². The van der Waals surface area contributed by atoms with Crippen molar-refractivity contribution in [1.29, 1.82) is 0 Å². The van der Waals surface area contributed by atoms with E-state index in [9.17, 15) is 18.0 Å². The lowest BCUT2D eigenvalue weighted by atomic mass is 10.2. The number of likely N-dealkylation sites (tertiary alicyclic amines) is 1. The molecular formula is C18H26N4O4S. The molecule has 27 heavy (non-hydrogen) atoms. The maximum absolute atomic E-state index is 12.8. The molecule has 9 heteroatoms. The van der Waals surface area contributed by atoms with Crippen LogP contribution in [-0.2, 0) is 14.8 Å². The molecule has 2 heterocycles. The van der Waals surface area contributed by atoms with Gasteiger partial charge in [0.2, 0.25) is 15.9 Å². The number of nitrogens with zero attached hydrogens (tertiary/aromatic N) is 2. The van der Waals surface area contributed by atoms with Crippen molar-refractivity contribution >= 4 is 27.6 Å². The summed E-state index contributed by atoms with van der Waals surface area (Å²) in [5, 5.41) is 2.74. The highest BCUT2D eigenvalue weighted by atomic mass is 32.2. The van der Waals surface area contributed by atoms with Crippen molar-refractivity contribution in [2.75, 3.05) is 25.0 Å². The van der Waals surface area contributed by atoms with Gasteiger partial charge in [0.15, 0.2) is 0 Å². The Morgan fingerprint density at radius 1 is 0.963 bits per heavy atom. The normalized spacial score (nSPS) is 21.6. The van der Waals surface area contributed by atoms with Gasteiger partial charge in [0, 0.05) is 25.3 Å². The monoisotopic (exact) mass is 394 g/mol. The number of carbonyl (C=O) groups is 2. The van der Waals surface area contributed by atoms with Crippen molar-refractivity contribution in [2.24, 2.45) is 5.73 Å². The molecule has 3 N–H and O–H groups in total. The number of primary amides is 1. The average Bonchev–Trinajstić information content (AvgIpc) is 2.97. The average molecular weight is 394 g/mol. The van der Waals surface area contributed by atoms with E-state index in [1.54, 1.807) is 12.1 Å². The number of sulfonamides is 1. The van der Waals surface area contributed by atoms with Gasteiger partial charge in [-0.2, -0.15) is 4.31 Å². The van der Waals surface area contributed by atoms with Crippen LogP contribution in [0.25, 0.3) is 0 Å². The molecule has 2 aliphatic heterocycles. The molecule has 148 valence electrons. The Hall–Kier alpha value is -2.13. The Kier molecular flexibility index (Phi) is 6.01. The number of hydrogen-bond donors (Lipinski definition) is 2. The molecule has 0 aliphatic carbocycles. The third-order valence-electron chi connectivity index (χ3n) is 5.16. The van der Waals surface area contributed by atoms with Crippen LogP contribution < -0.4 is 11.1 Å². The molecule has 3 rings (SSSR count). The highest BCUT2D eigenvalue weighted by Gasteiger charge is 2.33. The molecule has 8 nitrogen and oxygen atoms in total. The first kappa shape index (κ1) is 19.6. The predicted molar refractivity (Wildman–Crippen MR) is 102 cm³/mol. The van der Waals surface area contributed by atoms with Crippen molar-refractivity contribution < 1.29 is 18.0 Å². The molecular weight excluding hydrogens is 368 g/mol. The van der Waals surface area contributed by atoms with Crippen LogP contribution in [0.15, 0.2) is 29.2 Å². The van der Waals surface area contributed by atoms with Gasteiger partial charge in [-0.05, 0) is 49.9 Å². The number of benzene rings is 1. The number of anilines is 1. The van der Waals surface area contributed by atoms with Crippen molar-refractivity contribution in [3.63, 3.8) is 0 Å². The largest absolute Gasteiger partial charge is 0.351 e. The van der Waals surface area contributed by atoms with Gasteiger partial charge in [0.25, 0.3) is 0 Å². The summed E-state index contributed by atoms with van der Waals surface area (Å²) in [5.74, 6) is -0.311. The fourth-order valence-corrected chi connectivity index (χ4v) is 5.19. The maximum atomic E-state index is 12.8. The second kappa shape index (κ2) is 8.26. The van der Waals surface area contributed by atoms with Gasteiger partial charge < -0.3 is 16.0 Å². The number of nitrogens with one attached hydrogen (secondary N) is 1. The second-order valence-corrected chi connectivity index (χ2v) is 8.96. The summed E-state index contributed by atoms with van der Waals surface area (Å²) in [6.45, 7) is 1.57. The third-order valence-corrected chi connectivity index (χ3v) is 7.08. The molecule has 3 amide bonds. The molecule has 2 saturated heterocycles. The summed E-state index contributed by atoms with van der Waals surface area (Å²) < 4.78 is 27.1. The van der Waals surface area contributed by atoms with E-state index >= 15 is 0 Å². The molecule has 1 aromatic carbocycles. The Morgan fingerprint density at radius 2 is 1.59 bits per heavy atom. The standard InChI is InChI=1S/C18H26N4O4S/c19-18(24)22-13-5-6-16(22)17(23)20-14-7-9-15(10-8-14)27(25,26)21-11-3-1-2-4-12-21/h7-10,16H,1-6,11-13H2,(H2,19,24)(H,20,23)/t16-/m1/s1. The number of urea groups is 1. The lowest BCUT2D eigenvalue weighted by Crippen LogP contribution is -2.45. The smallest absolute Gasteiger partial charge is 0.315 e. The molecule has 0 unspecified atom stereocenters. The van der Waals surface area contributed by atoms with Gasteiger partial charge >= 0.3 is 6.03 Å². The number of amides is 3. The molecule has 0 bridgehead atoms. The predicted octanol–water partition coefficient (Wildman–Crippen LogP) is 1.73. The summed E-state index contributed by atoms with van der Waals surface area (Å²) in [5.41, 5.74) is 5.80. The fourth-order valence-electron chi connectivity index (χ4n) is 3.67. The van der Waals surface area contributed by atoms with Crippen molar-refractivity contribution in [3.8, 4) is 0 Å². The van der Waals surface area contributed by atoms with Crippen molar-refractivity contribution in [3.05, 3.63) is 24.3 Å². The van der Waals surface area contributed by atoms with Crippen LogP contribution in [0.5, 0.6) is 0 Å². The van der Waals surface area contributed by atoms with Crippen molar-refractivity contribution in [1.82, 2.24) is 9.21 Å². The summed E-state index contributed by atoms with van der Waals surface area (Å²) in [6, 6.07) is 4.99. The van der Waals surface area contributed by atoms with Gasteiger partial charge in [0.1, 0.15) is 6.04 Å². The molecule has 0 spiro atoms. The Morgan fingerprint density at radius 3 is 2.19 bits per heavy atom. The van der Waals surface area contributed by atoms with E-state index in [1.165, 1.54) is 21.3 Å². The molecule has 1 atom stereocenters. The zero-order chi connectivity index (χ0) is 19.4. The van der Waals surface area contributed by atoms with E-state index in [0.717, 1.165) is 32.1 Å². The first-order chi connectivity index (χ1) is 12.9. The number of rotatable bonds is 4. The summed E-state index contributed by atoms with van der Waals surface area (Å²) in [4.78, 5) is 25.4. The molecule has 2 aliphatic rings. The van der Waals surface area contributed by atoms with Gasteiger partial charge in [-0.1, -0.05) is 12.8 Å². The van der Waals surface area contributed by atoms with Crippen LogP contribution in [0.2, 0.25) is 0 Å². The van der Waals surface area contributed by atoms with E-state index in [2.05, 4.69) is 5.32 Å². The molecule has 0 saturated carbocycles. The van der Waals surface area contributed by atoms with Crippen LogP contribution in [0.4, 0.5) is 10.5 Å². The summed E-state index contributed by atoms with van der Waals surface area (Å²) in [6.07, 6.45) is 5.17. The molecule has 2 fully saturated rings. The van der Waals surface area contributed by atoms with E-state index in [4.69, 9.17) is 5.73 Å². The third kappa shape index (κ3) is 4.41. The fraction of sp³-hybridized carbons (Fsp3) is 0.556. The van der Waals surface area contributed by atoms with Crippen LogP contribution in [0, 0.1) is 0 Å². The topological polar surface area (TPSA) is 113 Å². The SMILES string of the molecule is NC(=O)N1CCC[C@@H]1C(=O)Nc1ccc(S(=O)(=O)N2CCCCCC2)cc1. The molecule has 1 aromatic rings. The van der Waals surface area contributed by atoms with E-state index < -0.39 is 22.1 Å². The van der Waals surface area contributed by atoms with Crippen LogP contribution >= 0.6 is 0 Å². The van der Waals surface area contributed by atoms with Gasteiger partial charge in [-0.25, -0.2) is 13.2 Å². The Balaban J connectivity index is 1.68. The van der Waals surface area contributed by atoms with Crippen molar-refractivity contribution in [2.45, 2.75) is 49.5 Å². The van der Waals surface area contributed by atoms with Gasteiger partial charge in [0.05, 0.1) is 4.90 Å². The van der Waals surface area contributed by atoms with Crippen LogP contribution in [0.1, 0.15) is 38.5 Å². The van der Waals surface area contributed by atoms with E-state index in [1.807, 2.05) is 0 Å². The zero-order valence-electron chi connectivity index (χ0n) is 15.3. The number of hydrogen-bond acceptors (Lipinski definition) is 4. The number of nitrogens with two attached hydrogens (primary N) is 1. The lowest BCUT2D eigenvalue weighted by Gasteiger charge is -2.22. The molecule has 0 aromatic heterocycles. The Labute approximate surface area is 159 Å². The minimum Gasteiger partial charge on any atom is -0.351 e. The number of carbonyl (C=O) groups excluding carboxylic acids is 2. The Bertz CT molecular complexity index is 786. The van der Waals surface area contributed by atoms with E-state index in [0.29, 0.717) is 31.7 Å². The second-order valence-electron chi connectivity index (χ2n) is 7.02. The highest BCUT2D eigenvalue weighted by molar-refractivity contribution is 7.89. The maximum Gasteiger partial charge on any atom is 0.315 e. The zero-order valence-corrected chi connectivity index (χ0v) is 16.1. The van der Waals surface area contributed by atoms with Gasteiger partial charge in [-0.3, -0.25) is 4.79 Å². The first-order valence-corrected chi connectivity index (χ1v) is 10.8.